The first-order chi connectivity index (χ1) is 60.8. The molecule has 7 unspecified atom stereocenters. The minimum Gasteiger partial charge on any atom is -0.392 e. The number of aromatic amines is 2. The van der Waals surface area contributed by atoms with Gasteiger partial charge in [0.15, 0.2) is 23.3 Å². The largest absolute Gasteiger partial charge is 0.392 e. The number of nitrogens with two attached hydrogens (primary N) is 2. The number of nitro benzene ring substituents is 2. The number of aromatic nitrogens is 10. The molecule has 2 aromatic carbocycles. The number of aliphatic hydroxyl groups is 7. The highest BCUT2D eigenvalue weighted by molar-refractivity contribution is 6.33. The molecule has 9 aromatic rings. The standard InChI is InChI=1S/C27H32N10O4.C21H29N9O2.C13H20N4O2.C8H12N4.C7H4Cl2N2.C6H4FNO2.C3H9NO.CH4.2B.H2/c1-15(38)13-30-24-20(11-28)17(3)22(25(32-24)31-14-16(2)39)33-34-26-21(12-29)23(27(4,5)6)35-36(26)18-7-9-19(10-8-18)37(40)41;1-11(31)9-24-18-14(7-22)13(3)16(20(26-18)25-10-12(2)32)27-29-19-15(8-23)17(28-30-19)21(4,5)6;1-8-4-12(15-6-9(2)18)17-13(11(8)5-14)16-7-10(3)19;1-8(2,3)6-5(4-9)7(10)12-11-6;1-4-2-6(8)11-7(9)5(4)3-10;7-5-1-3-6(4-2-5)8(9)10;1-3(5)2-4;;;;/h7-10,15-16,38-39H,13-14H2,1-6H3,(H2,30,31,32);11-12,31-32H,9-10H2,1-6H3,(H,28,30)(H2,24,25,26);4,9-10,18-19H,6-7H2,1-3H3,(H2,15,16,17);1-3H3,(H3,10,11,12);2H,1H3;1-4H;3,5H,2,4H2,1H3;1H4;;;1H/i;;;;;;;;;;1+1. The molecular weight excluding hydrogens is 1750 g/mol. The van der Waals surface area contributed by atoms with E-state index in [0.29, 0.717) is 92.7 Å². The number of non-ortho nitro benzene ring substituents is 2. The fraction of sp³-hybridized carbons (Fsp3) is 0.442. The lowest BCUT2D eigenvalue weighted by molar-refractivity contribution is -0.385. The van der Waals surface area contributed by atoms with E-state index in [4.69, 9.17) is 55.6 Å². The fourth-order valence-electron chi connectivity index (χ4n) is 10.5. The van der Waals surface area contributed by atoms with Crippen molar-refractivity contribution in [1.29, 1.82) is 36.8 Å². The van der Waals surface area contributed by atoms with Crippen LogP contribution in [0.25, 0.3) is 5.69 Å². The molecule has 0 amide bonds. The number of rotatable bonds is 26. The van der Waals surface area contributed by atoms with Gasteiger partial charge in [0.25, 0.3) is 11.4 Å². The summed E-state index contributed by atoms with van der Waals surface area (Å²) in [5.74, 6) is 2.08. The van der Waals surface area contributed by atoms with E-state index in [1.807, 2.05) is 81.4 Å². The van der Waals surface area contributed by atoms with E-state index < -0.39 is 57.7 Å². The Bertz CT molecular complexity index is 5690. The highest BCUT2D eigenvalue weighted by Gasteiger charge is 2.31. The Morgan fingerprint density at radius 2 is 0.842 bits per heavy atom. The number of nitro groups is 2. The molecule has 708 valence electrons. The second-order valence-electron chi connectivity index (χ2n) is 32.3. The van der Waals surface area contributed by atoms with Gasteiger partial charge in [-0.1, -0.05) is 92.9 Å². The third-order valence-corrected chi connectivity index (χ3v) is 17.6. The van der Waals surface area contributed by atoms with Gasteiger partial charge in [-0.15, -0.1) is 20.5 Å². The number of halogens is 3. The normalized spacial score (nSPS) is 12.2. The van der Waals surface area contributed by atoms with Crippen molar-refractivity contribution in [2.45, 2.75) is 205 Å². The van der Waals surface area contributed by atoms with Gasteiger partial charge in [0.2, 0.25) is 5.82 Å². The monoisotopic (exact) mass is 1870 g/mol. The number of aryl methyl sites for hydroxylation is 2. The molecule has 7 aromatic heterocycles. The molecule has 0 fully saturated rings. The van der Waals surface area contributed by atoms with Crippen LogP contribution in [0.1, 0.15) is 198 Å². The molecular formula is C86H116B2Cl2FN31O11. The van der Waals surface area contributed by atoms with Crippen LogP contribution in [0.15, 0.2) is 81.1 Å². The van der Waals surface area contributed by atoms with Crippen LogP contribution >= 0.6 is 23.2 Å². The van der Waals surface area contributed by atoms with Gasteiger partial charge in [0, 0.05) is 116 Å². The minimum absolute atomic E-state index is 0. The molecule has 9 rings (SSSR count). The number of nitrogen functional groups attached to an aromatic ring is 1. The van der Waals surface area contributed by atoms with Crippen LogP contribution in [0.5, 0.6) is 0 Å². The molecule has 19 N–H and O–H groups in total. The molecule has 0 aliphatic rings. The molecule has 0 aliphatic carbocycles. The number of H-pyrrole nitrogens is 2. The van der Waals surface area contributed by atoms with Gasteiger partial charge in [-0.05, 0) is 124 Å². The number of hydrogen-bond donors (Lipinski definition) is 17. The summed E-state index contributed by atoms with van der Waals surface area (Å²) in [6, 6.07) is 27.9. The maximum atomic E-state index is 12.1. The van der Waals surface area contributed by atoms with Crippen molar-refractivity contribution < 1.29 is 51.4 Å². The number of azo groups is 2. The van der Waals surface area contributed by atoms with Crippen molar-refractivity contribution in [2.24, 2.45) is 26.2 Å². The quantitative estimate of drug-likeness (QED) is 0.00787. The maximum absolute atomic E-state index is 12.1. The predicted octanol–water partition coefficient (Wildman–Crippen LogP) is 13.4. The Labute approximate surface area is 787 Å². The first-order valence-electron chi connectivity index (χ1n) is 40.0. The average Bonchev–Trinajstić information content (AvgIpc) is 1.60. The zero-order chi connectivity index (χ0) is 98.6. The van der Waals surface area contributed by atoms with Crippen LogP contribution in [-0.2, 0) is 16.2 Å². The van der Waals surface area contributed by atoms with E-state index in [1.54, 1.807) is 81.4 Å². The van der Waals surface area contributed by atoms with Gasteiger partial charge in [0.1, 0.15) is 110 Å². The average molecular weight is 1870 g/mol. The van der Waals surface area contributed by atoms with Gasteiger partial charge in [0.05, 0.1) is 97.6 Å². The second kappa shape index (κ2) is 55.9. The Kier molecular flexibility index (Phi) is 50.0. The summed E-state index contributed by atoms with van der Waals surface area (Å²) >= 11 is 11.2. The smallest absolute Gasteiger partial charge is 0.269 e. The maximum Gasteiger partial charge on any atom is 0.269 e. The van der Waals surface area contributed by atoms with Crippen molar-refractivity contribution in [1.82, 2.24) is 50.1 Å². The zero-order valence-corrected chi connectivity index (χ0v) is 78.4. The second-order valence-corrected chi connectivity index (χ2v) is 33.1. The van der Waals surface area contributed by atoms with Gasteiger partial charge in [-0.25, -0.2) is 29.0 Å². The lowest BCUT2D eigenvalue weighted by Gasteiger charge is -2.16. The predicted molar refractivity (Wildman–Crippen MR) is 510 cm³/mol. The summed E-state index contributed by atoms with van der Waals surface area (Å²) in [5.41, 5.74) is 16.7. The number of hydrogen-bond acceptors (Lipinski definition) is 37. The zero-order valence-electron chi connectivity index (χ0n) is 76.9. The molecule has 7 atom stereocenters. The van der Waals surface area contributed by atoms with Gasteiger partial charge >= 0.3 is 0 Å². The summed E-state index contributed by atoms with van der Waals surface area (Å²) < 4.78 is 13.5. The van der Waals surface area contributed by atoms with Gasteiger partial charge < -0.3 is 79.1 Å². The Morgan fingerprint density at radius 3 is 1.20 bits per heavy atom. The van der Waals surface area contributed by atoms with Crippen molar-refractivity contribution in [3.8, 4) is 48.2 Å². The van der Waals surface area contributed by atoms with Crippen molar-refractivity contribution in [2.75, 3.05) is 83.4 Å². The molecule has 6 radical (unpaired) electrons. The lowest BCUT2D eigenvalue weighted by Crippen LogP contribution is -2.19. The van der Waals surface area contributed by atoms with Gasteiger partial charge in [-0.3, -0.25) is 30.4 Å². The molecule has 7 heterocycles. The molecule has 0 bridgehead atoms. The Hall–Kier alpha value is -14.0. The number of nitrogens with one attached hydrogen (secondary N) is 8. The van der Waals surface area contributed by atoms with E-state index in [-0.39, 0.29) is 148 Å². The summed E-state index contributed by atoms with van der Waals surface area (Å²) in [4.78, 5) is 37.0. The highest BCUT2D eigenvalue weighted by Crippen LogP contribution is 2.40. The summed E-state index contributed by atoms with van der Waals surface area (Å²) in [6.45, 7) is 37.6. The lowest BCUT2D eigenvalue weighted by atomic mass is 9.89. The number of nitrogens with zero attached hydrogens (tertiary/aromatic N) is 21. The first kappa shape index (κ1) is 119. The molecule has 42 nitrogen and oxygen atoms in total. The highest BCUT2D eigenvalue weighted by atomic mass is 35.5. The van der Waals surface area contributed by atoms with Crippen molar-refractivity contribution in [3.63, 3.8) is 0 Å². The van der Waals surface area contributed by atoms with Crippen LogP contribution in [0.3, 0.4) is 0 Å². The van der Waals surface area contributed by atoms with Crippen LogP contribution < -0.4 is 43.4 Å². The van der Waals surface area contributed by atoms with E-state index in [1.165, 1.54) is 28.9 Å². The summed E-state index contributed by atoms with van der Waals surface area (Å²) in [7, 11) is 0. The summed E-state index contributed by atoms with van der Waals surface area (Å²) in [6.07, 6.45) is -4.06. The van der Waals surface area contributed by atoms with Gasteiger partial charge in [-0.2, -0.15) is 52.1 Å². The van der Waals surface area contributed by atoms with Crippen molar-refractivity contribution >= 4 is 115 Å². The fourth-order valence-corrected chi connectivity index (χ4v) is 11.1. The number of pyridine rings is 4. The van der Waals surface area contributed by atoms with E-state index >= 15 is 0 Å². The number of nitriles is 7. The van der Waals surface area contributed by atoms with E-state index in [2.05, 4.69) is 128 Å². The third-order valence-electron chi connectivity index (χ3n) is 17.2. The third kappa shape index (κ3) is 37.4. The number of aliphatic hydroxyl groups excluding tert-OH is 7. The molecule has 133 heavy (non-hydrogen) atoms. The van der Waals surface area contributed by atoms with Crippen LogP contribution in [0.2, 0.25) is 10.3 Å². The number of anilines is 7. The van der Waals surface area contributed by atoms with Crippen LogP contribution in [-0.4, -0.2) is 201 Å². The minimum atomic E-state index is -0.727. The molecule has 0 saturated heterocycles. The Morgan fingerprint density at radius 1 is 0.489 bits per heavy atom. The van der Waals surface area contributed by atoms with E-state index in [0.717, 1.165) is 41.1 Å². The molecule has 47 heteroatoms. The van der Waals surface area contributed by atoms with Crippen LogP contribution in [0.4, 0.5) is 79.5 Å². The molecule has 0 saturated carbocycles. The van der Waals surface area contributed by atoms with Crippen LogP contribution in [0, 0.1) is 133 Å². The van der Waals surface area contributed by atoms with E-state index in [9.17, 15) is 76.3 Å². The molecule has 0 aliphatic heterocycles. The topological polar surface area (TPSA) is 695 Å². The van der Waals surface area contributed by atoms with Crippen molar-refractivity contribution in [3.05, 3.63) is 175 Å². The molecule has 0 spiro atoms. The summed E-state index contributed by atoms with van der Waals surface area (Å²) in [5, 5.41) is 206. The SMILES string of the molecule is C.CC(C)(C)c1[nH]nc(N)c1C#N.CC(O)CN.Cc1c(C#N)c(NCC(C)O)nc(NCC(C)O)c1N=Nc1c(C#N)c(C(C)(C)C)nn1-c1ccc([N+](=O)[O-])cc1.Cc1c(C#N)c(NCC(C)O)nc(NCC(C)O)c1N=Nc1n[nH]c(C(C)(C)C)c1C#N.Cc1cc(Cl)nc(Cl)c1C#N.Cc1cc(NCC(C)O)nc(NCC(C)O)c1C#N.O=[N+]([O-])c1ccc(F)cc1.[2HH].[B].[B]. The number of benzene rings is 2. The Balaban J connectivity index is 0. The first-order valence-corrected chi connectivity index (χ1v) is 40.7.